The Morgan fingerprint density at radius 2 is 1.88 bits per heavy atom. The second-order valence-corrected chi connectivity index (χ2v) is 10.7. The molecule has 0 aliphatic carbocycles. The van der Waals surface area contributed by atoms with E-state index in [2.05, 4.69) is 0 Å². The van der Waals surface area contributed by atoms with Crippen LogP contribution in [0.3, 0.4) is 0 Å². The van der Waals surface area contributed by atoms with Crippen LogP contribution in [0.2, 0.25) is 0 Å². The maximum atomic E-state index is 12.9. The molecule has 2 atom stereocenters. The predicted octanol–water partition coefficient (Wildman–Crippen LogP) is 1.32. The summed E-state index contributed by atoms with van der Waals surface area (Å²) in [5, 5.41) is 4.28. The molecule has 1 aliphatic heterocycles. The number of hydrogen-bond donors (Lipinski definition) is 2. The Morgan fingerprint density at radius 1 is 1.25 bits per heavy atom. The van der Waals surface area contributed by atoms with E-state index in [0.717, 1.165) is 0 Å². The van der Waals surface area contributed by atoms with Crippen molar-refractivity contribution in [3.63, 3.8) is 0 Å². The lowest BCUT2D eigenvalue weighted by atomic mass is 10.0. The molecule has 3 rings (SSSR count). The first kappa shape index (κ1) is 17.4. The summed E-state index contributed by atoms with van der Waals surface area (Å²) >= 11 is 0.653. The Labute approximate surface area is 144 Å². The summed E-state index contributed by atoms with van der Waals surface area (Å²) in [5.41, 5.74) is 6.99. The van der Waals surface area contributed by atoms with E-state index >= 15 is 0 Å². The highest BCUT2D eigenvalue weighted by molar-refractivity contribution is 7.95. The summed E-state index contributed by atoms with van der Waals surface area (Å²) < 4.78 is 53.8. The third-order valence-electron chi connectivity index (χ3n) is 3.97. The summed E-state index contributed by atoms with van der Waals surface area (Å²) in [6, 6.07) is 7.39. The van der Waals surface area contributed by atoms with Gasteiger partial charge >= 0.3 is 0 Å². The number of fused-ring (bicyclic) bond motifs is 1. The summed E-state index contributed by atoms with van der Waals surface area (Å²) in [6.07, 6.45) is 0.169. The van der Waals surface area contributed by atoms with Crippen LogP contribution < -0.4 is 15.6 Å². The van der Waals surface area contributed by atoms with Crippen LogP contribution in [0.1, 0.15) is 28.8 Å². The average Bonchev–Trinajstić information content (AvgIpc) is 2.98. The van der Waals surface area contributed by atoms with Gasteiger partial charge in [0.1, 0.15) is 14.2 Å². The Kier molecular flexibility index (Phi) is 4.21. The van der Waals surface area contributed by atoms with Crippen molar-refractivity contribution in [1.29, 1.82) is 0 Å². The molecule has 10 heteroatoms. The number of primary sulfonamides is 1. The van der Waals surface area contributed by atoms with E-state index < -0.39 is 31.2 Å². The van der Waals surface area contributed by atoms with Crippen LogP contribution in [-0.4, -0.2) is 23.9 Å². The van der Waals surface area contributed by atoms with E-state index in [1.807, 2.05) is 0 Å². The molecule has 0 bridgehead atoms. The Bertz CT molecular complexity index is 978. The van der Waals surface area contributed by atoms with Gasteiger partial charge in [-0.05, 0) is 35.7 Å². The molecule has 0 radical (unpaired) electrons. The van der Waals surface area contributed by atoms with Crippen molar-refractivity contribution in [3.8, 4) is 5.75 Å². The third kappa shape index (κ3) is 2.84. The minimum absolute atomic E-state index is 0.0221. The molecule has 0 fully saturated rings. The van der Waals surface area contributed by atoms with Crippen molar-refractivity contribution in [2.24, 2.45) is 10.9 Å². The first-order valence-electron chi connectivity index (χ1n) is 6.94. The number of nitrogens with two attached hydrogens (primary N) is 2. The predicted molar refractivity (Wildman–Crippen MR) is 90.2 cm³/mol. The topological polar surface area (TPSA) is 130 Å². The molecule has 24 heavy (non-hydrogen) atoms. The Hall–Kier alpha value is -1.46. The Balaban J connectivity index is 2.11. The summed E-state index contributed by atoms with van der Waals surface area (Å²) in [4.78, 5) is 0. The first-order chi connectivity index (χ1) is 11.1. The van der Waals surface area contributed by atoms with E-state index in [1.54, 1.807) is 24.3 Å². The van der Waals surface area contributed by atoms with Gasteiger partial charge in [-0.3, -0.25) is 0 Å². The van der Waals surface area contributed by atoms with Crippen LogP contribution in [0.4, 0.5) is 0 Å². The van der Waals surface area contributed by atoms with Crippen molar-refractivity contribution >= 4 is 31.2 Å². The van der Waals surface area contributed by atoms with E-state index in [0.29, 0.717) is 28.2 Å². The van der Waals surface area contributed by atoms with Gasteiger partial charge in [0, 0.05) is 6.04 Å². The first-order valence-corrected chi connectivity index (χ1v) is 10.9. The van der Waals surface area contributed by atoms with Gasteiger partial charge in [-0.2, -0.15) is 0 Å². The second-order valence-electron chi connectivity index (χ2n) is 5.50. The van der Waals surface area contributed by atoms with Gasteiger partial charge < -0.3 is 10.5 Å². The lowest BCUT2D eigenvalue weighted by Gasteiger charge is -2.27. The molecule has 130 valence electrons. The highest BCUT2D eigenvalue weighted by Crippen LogP contribution is 2.47. The molecule has 4 N–H and O–H groups in total. The SMILES string of the molecule is COc1ccc(C2CC(N)c3cc(S(N)(=O)=O)sc3S2(=O)=O)cc1. The maximum absolute atomic E-state index is 12.9. The fraction of sp³-hybridized carbons (Fsp3) is 0.286. The van der Waals surface area contributed by atoms with Gasteiger partial charge in [0.05, 0.1) is 12.4 Å². The monoisotopic (exact) mass is 388 g/mol. The van der Waals surface area contributed by atoms with Crippen LogP contribution in [0.15, 0.2) is 38.8 Å². The van der Waals surface area contributed by atoms with Gasteiger partial charge in [0.15, 0.2) is 9.84 Å². The number of thiophene rings is 1. The number of ether oxygens (including phenoxy) is 1. The van der Waals surface area contributed by atoms with Crippen molar-refractivity contribution in [3.05, 3.63) is 41.5 Å². The smallest absolute Gasteiger partial charge is 0.247 e. The van der Waals surface area contributed by atoms with Gasteiger partial charge in [-0.25, -0.2) is 22.0 Å². The number of hydrogen-bond acceptors (Lipinski definition) is 7. The summed E-state index contributed by atoms with van der Waals surface area (Å²) in [5.74, 6) is 0.615. The number of sulfone groups is 1. The molecular formula is C14H16N2O5S3. The van der Waals surface area contributed by atoms with Crippen molar-refractivity contribution in [2.45, 2.75) is 26.1 Å². The average molecular weight is 388 g/mol. The summed E-state index contributed by atoms with van der Waals surface area (Å²) in [6.45, 7) is 0. The minimum atomic E-state index is -3.98. The van der Waals surface area contributed by atoms with Crippen molar-refractivity contribution < 1.29 is 21.6 Å². The van der Waals surface area contributed by atoms with E-state index in [4.69, 9.17) is 15.6 Å². The quantitative estimate of drug-likeness (QED) is 0.816. The van der Waals surface area contributed by atoms with Gasteiger partial charge in [0.2, 0.25) is 10.0 Å². The summed E-state index contributed by atoms with van der Waals surface area (Å²) in [7, 11) is -6.21. The van der Waals surface area contributed by atoms with Gasteiger partial charge in [-0.15, -0.1) is 11.3 Å². The van der Waals surface area contributed by atoms with E-state index in [9.17, 15) is 16.8 Å². The molecule has 0 saturated carbocycles. The molecule has 1 aliphatic rings. The molecule has 0 spiro atoms. The lowest BCUT2D eigenvalue weighted by Crippen LogP contribution is -2.26. The highest BCUT2D eigenvalue weighted by Gasteiger charge is 2.41. The normalized spacial score (nSPS) is 22.8. The zero-order valence-corrected chi connectivity index (χ0v) is 15.1. The molecule has 2 unspecified atom stereocenters. The van der Waals surface area contributed by atoms with Gasteiger partial charge in [-0.1, -0.05) is 12.1 Å². The van der Waals surface area contributed by atoms with Gasteiger partial charge in [0.25, 0.3) is 0 Å². The molecule has 2 aromatic rings. The van der Waals surface area contributed by atoms with Crippen molar-refractivity contribution in [2.75, 3.05) is 7.11 Å². The Morgan fingerprint density at radius 3 is 2.42 bits per heavy atom. The number of methoxy groups -OCH3 is 1. The molecule has 1 aromatic heterocycles. The molecule has 0 amide bonds. The van der Waals surface area contributed by atoms with E-state index in [-0.39, 0.29) is 14.8 Å². The minimum Gasteiger partial charge on any atom is -0.497 e. The van der Waals surface area contributed by atoms with Crippen LogP contribution in [0.5, 0.6) is 5.75 Å². The maximum Gasteiger partial charge on any atom is 0.247 e. The number of sulfonamides is 1. The standard InChI is InChI=1S/C14H16N2O5S3/c1-21-9-4-2-8(3-5-9)12-7-11(15)10-6-13(24(16,19)20)22-14(10)23(12,17)18/h2-6,11-12H,7,15H2,1H3,(H2,16,19,20). The molecule has 0 saturated heterocycles. The fourth-order valence-corrected chi connectivity index (χ4v) is 7.45. The number of rotatable bonds is 3. The van der Waals surface area contributed by atoms with Crippen LogP contribution in [-0.2, 0) is 19.9 Å². The lowest BCUT2D eigenvalue weighted by molar-refractivity contribution is 0.414. The van der Waals surface area contributed by atoms with Crippen molar-refractivity contribution in [1.82, 2.24) is 0 Å². The van der Waals surface area contributed by atoms with Crippen LogP contribution >= 0.6 is 11.3 Å². The second kappa shape index (κ2) is 5.81. The van der Waals surface area contributed by atoms with Crippen LogP contribution in [0.25, 0.3) is 0 Å². The zero-order chi connectivity index (χ0) is 17.7. The third-order valence-corrected chi connectivity index (χ3v) is 9.25. The van der Waals surface area contributed by atoms with Crippen LogP contribution in [0, 0.1) is 0 Å². The zero-order valence-electron chi connectivity index (χ0n) is 12.7. The number of benzene rings is 1. The highest BCUT2D eigenvalue weighted by atomic mass is 32.3. The largest absolute Gasteiger partial charge is 0.497 e. The molecule has 7 nitrogen and oxygen atoms in total. The molecule has 2 heterocycles. The molecule has 1 aromatic carbocycles. The fourth-order valence-electron chi connectivity index (χ4n) is 2.73. The van der Waals surface area contributed by atoms with E-state index in [1.165, 1.54) is 13.2 Å². The molecular weight excluding hydrogens is 372 g/mol.